The van der Waals surface area contributed by atoms with E-state index in [0.29, 0.717) is 33.5 Å². The Hall–Kier alpha value is -2.40. The molecule has 0 atom stereocenters. The number of benzene rings is 2. The summed E-state index contributed by atoms with van der Waals surface area (Å²) in [7, 11) is 4.51. The Morgan fingerprint density at radius 3 is 2.09 bits per heavy atom. The molecule has 0 aliphatic heterocycles. The first-order valence-corrected chi connectivity index (χ1v) is 7.25. The second kappa shape index (κ2) is 7.24. The van der Waals surface area contributed by atoms with Crippen molar-refractivity contribution in [3.8, 4) is 17.2 Å². The van der Waals surface area contributed by atoms with Gasteiger partial charge in [-0.1, -0.05) is 11.6 Å². The third-order valence-corrected chi connectivity index (χ3v) is 3.77. The molecule has 1 amide bonds. The Bertz CT molecular complexity index is 706. The number of carbonyl (C=O) groups is 1. The fourth-order valence-corrected chi connectivity index (χ4v) is 2.26. The molecule has 0 saturated heterocycles. The van der Waals surface area contributed by atoms with Crippen molar-refractivity contribution in [3.63, 3.8) is 0 Å². The molecule has 5 nitrogen and oxygen atoms in total. The molecule has 0 unspecified atom stereocenters. The lowest BCUT2D eigenvalue weighted by Crippen LogP contribution is -2.12. The van der Waals surface area contributed by atoms with Gasteiger partial charge in [0.05, 0.1) is 21.3 Å². The predicted molar refractivity (Wildman–Crippen MR) is 90.2 cm³/mol. The number of nitrogens with one attached hydrogen (secondary N) is 1. The maximum absolute atomic E-state index is 12.5. The zero-order valence-electron chi connectivity index (χ0n) is 13.4. The van der Waals surface area contributed by atoms with Crippen LogP contribution >= 0.6 is 11.6 Å². The van der Waals surface area contributed by atoms with E-state index in [1.54, 1.807) is 30.3 Å². The van der Waals surface area contributed by atoms with Crippen molar-refractivity contribution in [2.45, 2.75) is 6.92 Å². The molecule has 23 heavy (non-hydrogen) atoms. The quantitative estimate of drug-likeness (QED) is 0.899. The topological polar surface area (TPSA) is 56.8 Å². The summed E-state index contributed by atoms with van der Waals surface area (Å²) >= 11 is 5.99. The number of halogens is 1. The third kappa shape index (κ3) is 3.68. The van der Waals surface area contributed by atoms with Crippen molar-refractivity contribution in [2.75, 3.05) is 26.6 Å². The van der Waals surface area contributed by atoms with Crippen LogP contribution in [0.5, 0.6) is 17.2 Å². The zero-order valence-corrected chi connectivity index (χ0v) is 14.2. The monoisotopic (exact) mass is 335 g/mol. The number of amides is 1. The summed E-state index contributed by atoms with van der Waals surface area (Å²) < 4.78 is 15.7. The van der Waals surface area contributed by atoms with Gasteiger partial charge < -0.3 is 19.5 Å². The first-order chi connectivity index (χ1) is 11.0. The lowest BCUT2D eigenvalue weighted by Gasteiger charge is -2.14. The van der Waals surface area contributed by atoms with Gasteiger partial charge in [0.25, 0.3) is 5.91 Å². The van der Waals surface area contributed by atoms with Gasteiger partial charge >= 0.3 is 0 Å². The maximum Gasteiger partial charge on any atom is 0.255 e. The minimum absolute atomic E-state index is 0.286. The van der Waals surface area contributed by atoms with E-state index >= 15 is 0 Å². The van der Waals surface area contributed by atoms with Crippen LogP contribution in [0.1, 0.15) is 15.9 Å². The highest BCUT2D eigenvalue weighted by Gasteiger charge is 2.17. The highest BCUT2D eigenvalue weighted by atomic mass is 35.5. The van der Waals surface area contributed by atoms with E-state index in [-0.39, 0.29) is 5.91 Å². The first kappa shape index (κ1) is 17.0. The molecule has 2 rings (SSSR count). The zero-order chi connectivity index (χ0) is 17.0. The second-order valence-corrected chi connectivity index (χ2v) is 5.24. The van der Waals surface area contributed by atoms with Crippen molar-refractivity contribution in [1.29, 1.82) is 0 Å². The van der Waals surface area contributed by atoms with E-state index in [0.717, 1.165) is 5.56 Å². The summed E-state index contributed by atoms with van der Waals surface area (Å²) in [6.07, 6.45) is 0. The number of hydrogen-bond acceptors (Lipinski definition) is 4. The van der Waals surface area contributed by atoms with Gasteiger partial charge in [0, 0.05) is 16.3 Å². The van der Waals surface area contributed by atoms with Crippen LogP contribution in [0.25, 0.3) is 0 Å². The van der Waals surface area contributed by atoms with E-state index < -0.39 is 0 Å². The van der Waals surface area contributed by atoms with E-state index in [9.17, 15) is 4.79 Å². The molecule has 0 saturated carbocycles. The lowest BCUT2D eigenvalue weighted by molar-refractivity contribution is 0.102. The van der Waals surface area contributed by atoms with Gasteiger partial charge in [-0.3, -0.25) is 4.79 Å². The van der Waals surface area contributed by atoms with E-state index in [1.165, 1.54) is 21.3 Å². The molecule has 122 valence electrons. The number of ether oxygens (including phenoxy) is 3. The Morgan fingerprint density at radius 1 is 1.00 bits per heavy atom. The third-order valence-electron chi connectivity index (χ3n) is 3.34. The molecular weight excluding hydrogens is 318 g/mol. The summed E-state index contributed by atoms with van der Waals surface area (Å²) in [5, 5.41) is 3.47. The van der Waals surface area contributed by atoms with Gasteiger partial charge in [-0.05, 0) is 42.8 Å². The summed E-state index contributed by atoms with van der Waals surface area (Å²) in [5.74, 6) is 0.994. The van der Waals surface area contributed by atoms with Crippen LogP contribution < -0.4 is 19.5 Å². The molecule has 0 aliphatic carbocycles. The van der Waals surface area contributed by atoms with Crippen LogP contribution in [0.4, 0.5) is 5.69 Å². The lowest BCUT2D eigenvalue weighted by atomic mass is 10.1. The van der Waals surface area contributed by atoms with Crippen LogP contribution in [0.3, 0.4) is 0 Å². The standard InChI is InChI=1S/C17H18ClNO4/c1-10-7-12(5-6-13(10)18)19-17(20)11-8-14(21-2)16(23-4)15(9-11)22-3/h5-9H,1-4H3,(H,19,20). The SMILES string of the molecule is COc1cc(C(=O)Nc2ccc(Cl)c(C)c2)cc(OC)c1OC. The van der Waals surface area contributed by atoms with Gasteiger partial charge in [-0.25, -0.2) is 0 Å². The molecule has 6 heteroatoms. The molecule has 0 fully saturated rings. The number of rotatable bonds is 5. The van der Waals surface area contributed by atoms with Gasteiger partial charge in [0.2, 0.25) is 5.75 Å². The van der Waals surface area contributed by atoms with Crippen molar-refractivity contribution in [3.05, 3.63) is 46.5 Å². The normalized spacial score (nSPS) is 10.1. The highest BCUT2D eigenvalue weighted by molar-refractivity contribution is 6.31. The Morgan fingerprint density at radius 2 is 1.61 bits per heavy atom. The second-order valence-electron chi connectivity index (χ2n) is 4.83. The Kier molecular flexibility index (Phi) is 5.34. The summed E-state index contributed by atoms with van der Waals surface area (Å²) in [6, 6.07) is 8.48. The van der Waals surface area contributed by atoms with Crippen LogP contribution in [-0.2, 0) is 0 Å². The summed E-state index contributed by atoms with van der Waals surface area (Å²) in [4.78, 5) is 12.5. The molecule has 2 aromatic rings. The number of methoxy groups -OCH3 is 3. The number of hydrogen-bond donors (Lipinski definition) is 1. The largest absolute Gasteiger partial charge is 0.493 e. The molecule has 0 radical (unpaired) electrons. The Balaban J connectivity index is 2.33. The van der Waals surface area contributed by atoms with Gasteiger partial charge in [-0.2, -0.15) is 0 Å². The molecule has 0 spiro atoms. The van der Waals surface area contributed by atoms with E-state index in [1.807, 2.05) is 6.92 Å². The average Bonchev–Trinajstić information content (AvgIpc) is 2.56. The molecular formula is C17H18ClNO4. The fraction of sp³-hybridized carbons (Fsp3) is 0.235. The fourth-order valence-electron chi connectivity index (χ4n) is 2.14. The van der Waals surface area contributed by atoms with Crippen LogP contribution in [0.15, 0.2) is 30.3 Å². The maximum atomic E-state index is 12.5. The Labute approximate surface area is 140 Å². The van der Waals surface area contributed by atoms with Crippen molar-refractivity contribution >= 4 is 23.2 Å². The van der Waals surface area contributed by atoms with Crippen molar-refractivity contribution in [2.24, 2.45) is 0 Å². The minimum Gasteiger partial charge on any atom is -0.493 e. The van der Waals surface area contributed by atoms with Crippen LogP contribution in [0, 0.1) is 6.92 Å². The van der Waals surface area contributed by atoms with Gasteiger partial charge in [-0.15, -0.1) is 0 Å². The number of carbonyl (C=O) groups excluding carboxylic acids is 1. The molecule has 0 aliphatic rings. The molecule has 2 aromatic carbocycles. The first-order valence-electron chi connectivity index (χ1n) is 6.87. The van der Waals surface area contributed by atoms with Crippen LogP contribution in [0.2, 0.25) is 5.02 Å². The average molecular weight is 336 g/mol. The van der Waals surface area contributed by atoms with Crippen LogP contribution in [-0.4, -0.2) is 27.2 Å². The van der Waals surface area contributed by atoms with Crippen molar-refractivity contribution in [1.82, 2.24) is 0 Å². The molecule has 0 aromatic heterocycles. The number of anilines is 1. The minimum atomic E-state index is -0.286. The molecule has 0 heterocycles. The highest BCUT2D eigenvalue weighted by Crippen LogP contribution is 2.38. The smallest absolute Gasteiger partial charge is 0.255 e. The number of aryl methyl sites for hydroxylation is 1. The summed E-state index contributed by atoms with van der Waals surface area (Å²) in [5.41, 5.74) is 1.94. The van der Waals surface area contributed by atoms with E-state index in [4.69, 9.17) is 25.8 Å². The molecule has 1 N–H and O–H groups in total. The van der Waals surface area contributed by atoms with Crippen molar-refractivity contribution < 1.29 is 19.0 Å². The predicted octanol–water partition coefficient (Wildman–Crippen LogP) is 3.93. The molecule has 0 bridgehead atoms. The summed E-state index contributed by atoms with van der Waals surface area (Å²) in [6.45, 7) is 1.87. The van der Waals surface area contributed by atoms with Gasteiger partial charge in [0.15, 0.2) is 11.5 Å². The van der Waals surface area contributed by atoms with E-state index in [2.05, 4.69) is 5.32 Å². The van der Waals surface area contributed by atoms with Gasteiger partial charge in [0.1, 0.15) is 0 Å².